The Balaban J connectivity index is 1.48. The number of pyridine rings is 2. The Morgan fingerprint density at radius 2 is 0.587 bits per heavy atom. The van der Waals surface area contributed by atoms with Crippen LogP contribution in [0.5, 0.6) is 0 Å². The molecule has 0 aliphatic rings. The van der Waals surface area contributed by atoms with Gasteiger partial charge in [0.15, 0.2) is 14.3 Å². The molecule has 0 fully saturated rings. The minimum absolute atomic E-state index is 0.165. The van der Waals surface area contributed by atoms with Gasteiger partial charge in [-0.2, -0.15) is 0 Å². The van der Waals surface area contributed by atoms with Gasteiger partial charge in [-0.15, -0.1) is 0 Å². The summed E-state index contributed by atoms with van der Waals surface area (Å²) in [7, 11) is -7.49. The highest BCUT2D eigenvalue weighted by molar-refractivity contribution is 7.85. The predicted octanol–water partition coefficient (Wildman–Crippen LogP) is 6.62. The van der Waals surface area contributed by atoms with Crippen LogP contribution >= 0.6 is 14.3 Å². The summed E-state index contributed by atoms with van der Waals surface area (Å²) in [5.74, 6) is -2.02. The van der Waals surface area contributed by atoms with E-state index in [1.54, 1.807) is 24.3 Å². The van der Waals surface area contributed by atoms with Gasteiger partial charge in [-0.25, -0.2) is 27.5 Å². The normalized spacial score (nSPS) is 12.1. The summed E-state index contributed by atoms with van der Waals surface area (Å²) in [5.41, 5.74) is 1.06. The number of aromatic nitrogens is 2. The summed E-state index contributed by atoms with van der Waals surface area (Å²) in [6, 6.07) is 31.4. The molecule has 7 aromatic rings. The quantitative estimate of drug-likeness (QED) is 0.115. The third-order valence-corrected chi connectivity index (χ3v) is 13.8. The zero-order valence-corrected chi connectivity index (χ0v) is 25.6. The minimum atomic E-state index is -3.75. The number of rotatable bonds is 6. The molecule has 0 spiro atoms. The first-order chi connectivity index (χ1) is 22.2. The molecular formula is C36H22F4N2O2P2. The first-order valence-electron chi connectivity index (χ1n) is 14.1. The second-order valence-corrected chi connectivity index (χ2v) is 16.1. The van der Waals surface area contributed by atoms with Crippen LogP contribution in [0.1, 0.15) is 0 Å². The van der Waals surface area contributed by atoms with Gasteiger partial charge in [0.25, 0.3) is 0 Å². The lowest BCUT2D eigenvalue weighted by Crippen LogP contribution is -2.28. The number of halogens is 4. The highest BCUT2D eigenvalue weighted by Crippen LogP contribution is 2.44. The molecule has 4 nitrogen and oxygen atoms in total. The molecule has 0 radical (unpaired) electrons. The van der Waals surface area contributed by atoms with Gasteiger partial charge in [-0.3, -0.25) is 0 Å². The van der Waals surface area contributed by atoms with Crippen molar-refractivity contribution in [2.24, 2.45) is 0 Å². The molecule has 0 N–H and O–H groups in total. The fourth-order valence-electron chi connectivity index (χ4n) is 5.53. The molecule has 0 aliphatic heterocycles. The highest BCUT2D eigenvalue weighted by atomic mass is 31.2. The van der Waals surface area contributed by atoms with Crippen molar-refractivity contribution in [2.75, 3.05) is 0 Å². The van der Waals surface area contributed by atoms with Gasteiger partial charge < -0.3 is 9.13 Å². The van der Waals surface area contributed by atoms with Crippen LogP contribution in [-0.2, 0) is 9.13 Å². The number of nitrogens with zero attached hydrogens (tertiary/aromatic N) is 2. The van der Waals surface area contributed by atoms with Crippen molar-refractivity contribution in [2.45, 2.75) is 0 Å². The van der Waals surface area contributed by atoms with Gasteiger partial charge in [0, 0.05) is 32.0 Å². The molecule has 0 saturated heterocycles. The maximum atomic E-state index is 15.0. The molecule has 0 amide bonds. The first-order valence-corrected chi connectivity index (χ1v) is 17.5. The topological polar surface area (TPSA) is 59.9 Å². The lowest BCUT2D eigenvalue weighted by molar-refractivity contribution is 0.590. The lowest BCUT2D eigenvalue weighted by atomic mass is 10.1. The summed E-state index contributed by atoms with van der Waals surface area (Å²) in [4.78, 5) is 9.73. The molecule has 0 saturated carbocycles. The molecule has 0 bridgehead atoms. The molecule has 0 unspecified atom stereocenters. The number of benzene rings is 5. The van der Waals surface area contributed by atoms with E-state index in [4.69, 9.17) is 9.97 Å². The number of hydrogen-bond donors (Lipinski definition) is 0. The SMILES string of the molecule is O=P(c1ccc(F)cc1)(c1ccc(F)cc1)c1ccc2ccc3ccc(P(=O)(c4ccc(F)cc4)c4ccc(F)cc4)nc3c2n1. The van der Waals surface area contributed by atoms with Crippen LogP contribution in [0.4, 0.5) is 17.6 Å². The van der Waals surface area contributed by atoms with Crippen LogP contribution < -0.4 is 32.1 Å². The van der Waals surface area contributed by atoms with E-state index in [0.29, 0.717) is 43.0 Å². The van der Waals surface area contributed by atoms with Crippen molar-refractivity contribution in [3.8, 4) is 0 Å². The van der Waals surface area contributed by atoms with Crippen molar-refractivity contribution in [3.63, 3.8) is 0 Å². The van der Waals surface area contributed by atoms with Gasteiger partial charge in [-0.05, 0) is 109 Å². The maximum absolute atomic E-state index is 15.0. The second kappa shape index (κ2) is 11.5. The fraction of sp³-hybridized carbons (Fsp3) is 0. The molecule has 0 atom stereocenters. The second-order valence-electron chi connectivity index (χ2n) is 10.7. The Morgan fingerprint density at radius 3 is 0.848 bits per heavy atom. The zero-order chi connectivity index (χ0) is 32.1. The smallest absolute Gasteiger partial charge is 0.188 e. The van der Waals surface area contributed by atoms with Crippen LogP contribution in [0, 0.1) is 23.3 Å². The van der Waals surface area contributed by atoms with Crippen LogP contribution in [0.3, 0.4) is 0 Å². The molecule has 10 heteroatoms. The Morgan fingerprint density at radius 1 is 0.348 bits per heavy atom. The predicted molar refractivity (Wildman–Crippen MR) is 176 cm³/mol. The van der Waals surface area contributed by atoms with E-state index in [0.717, 1.165) is 0 Å². The summed E-state index contributed by atoms with van der Waals surface area (Å²) in [5, 5.41) is 2.53. The summed E-state index contributed by atoms with van der Waals surface area (Å²) in [6.07, 6.45) is 0. The molecule has 2 aromatic heterocycles. The average Bonchev–Trinajstić information content (AvgIpc) is 3.08. The molecule has 2 heterocycles. The number of fused-ring (bicyclic) bond motifs is 3. The summed E-state index contributed by atoms with van der Waals surface area (Å²) < 4.78 is 85.7. The van der Waals surface area contributed by atoms with E-state index >= 15 is 9.13 Å². The van der Waals surface area contributed by atoms with Crippen molar-refractivity contribution in [1.82, 2.24) is 9.97 Å². The van der Waals surface area contributed by atoms with Crippen LogP contribution in [-0.4, -0.2) is 9.97 Å². The summed E-state index contributed by atoms with van der Waals surface area (Å²) >= 11 is 0. The standard InChI is InChI=1S/C36H22F4N2O2P2/c37-25-5-13-29(14-6-25)45(43,30-15-7-26(38)8-16-30)33-21-3-23-1-2-24-4-22-34(42-36(24)35(23)41-33)46(44,31-17-9-27(39)10-18-31)32-19-11-28(40)12-20-32/h1-22H. The van der Waals surface area contributed by atoms with Crippen LogP contribution in [0.15, 0.2) is 133 Å². The van der Waals surface area contributed by atoms with E-state index in [2.05, 4.69) is 0 Å². The van der Waals surface area contributed by atoms with Gasteiger partial charge in [-0.1, -0.05) is 24.3 Å². The molecular weight excluding hydrogens is 630 g/mol. The van der Waals surface area contributed by atoms with Gasteiger partial charge in [0.2, 0.25) is 0 Å². The molecule has 5 aromatic carbocycles. The van der Waals surface area contributed by atoms with Crippen molar-refractivity contribution < 1.29 is 26.7 Å². The van der Waals surface area contributed by atoms with Gasteiger partial charge >= 0.3 is 0 Å². The zero-order valence-electron chi connectivity index (χ0n) is 23.8. The Bertz CT molecular complexity index is 2080. The molecule has 226 valence electrons. The van der Waals surface area contributed by atoms with E-state index in [1.807, 2.05) is 12.1 Å². The van der Waals surface area contributed by atoms with Crippen LogP contribution in [0.2, 0.25) is 0 Å². The van der Waals surface area contributed by atoms with Crippen molar-refractivity contribution in [3.05, 3.63) is 157 Å². The van der Waals surface area contributed by atoms with Gasteiger partial charge in [0.05, 0.1) is 11.0 Å². The third kappa shape index (κ3) is 5.04. The molecule has 0 aliphatic carbocycles. The highest BCUT2D eigenvalue weighted by Gasteiger charge is 2.34. The maximum Gasteiger partial charge on any atom is 0.188 e. The van der Waals surface area contributed by atoms with Gasteiger partial charge in [0.1, 0.15) is 34.1 Å². The third-order valence-electron chi connectivity index (χ3n) is 7.90. The van der Waals surface area contributed by atoms with Crippen molar-refractivity contribution >= 4 is 68.2 Å². The Labute approximate surface area is 261 Å². The summed E-state index contributed by atoms with van der Waals surface area (Å²) in [6.45, 7) is 0. The van der Waals surface area contributed by atoms with E-state index in [1.165, 1.54) is 97.1 Å². The van der Waals surface area contributed by atoms with Crippen molar-refractivity contribution in [1.29, 1.82) is 0 Å². The Kier molecular flexibility index (Phi) is 7.43. The minimum Gasteiger partial charge on any atom is -0.307 e. The Hall–Kier alpha value is -4.90. The van der Waals surface area contributed by atoms with E-state index in [9.17, 15) is 17.6 Å². The number of hydrogen-bond acceptors (Lipinski definition) is 4. The van der Waals surface area contributed by atoms with E-state index < -0.39 is 37.6 Å². The fourth-order valence-corrected chi connectivity index (χ4v) is 10.5. The monoisotopic (exact) mass is 652 g/mol. The first kappa shape index (κ1) is 29.8. The van der Waals surface area contributed by atoms with Crippen LogP contribution in [0.25, 0.3) is 21.8 Å². The van der Waals surface area contributed by atoms with E-state index in [-0.39, 0.29) is 10.9 Å². The molecule has 7 rings (SSSR count). The lowest BCUT2D eigenvalue weighted by Gasteiger charge is -2.21. The largest absolute Gasteiger partial charge is 0.307 e. The molecule has 46 heavy (non-hydrogen) atoms. The average molecular weight is 653 g/mol.